The molecule has 0 saturated carbocycles. The molecule has 2 unspecified atom stereocenters. The van der Waals surface area contributed by atoms with Crippen molar-refractivity contribution in [3.63, 3.8) is 0 Å². The second-order valence-electron chi connectivity index (χ2n) is 12.5. The first-order valence-corrected chi connectivity index (χ1v) is 16.6. The average molecular weight is 479 g/mol. The minimum atomic E-state index is 0.894. The summed E-state index contributed by atoms with van der Waals surface area (Å²) >= 11 is 0. The van der Waals surface area contributed by atoms with Crippen LogP contribution in [0.3, 0.4) is 0 Å². The molecule has 0 radical (unpaired) electrons. The Bertz CT molecular complexity index is 357. The Morgan fingerprint density at radius 3 is 0.794 bits per heavy atom. The average Bonchev–Trinajstić information content (AvgIpc) is 2.82. The third-order valence-corrected chi connectivity index (χ3v) is 8.43. The van der Waals surface area contributed by atoms with Gasteiger partial charge in [0.15, 0.2) is 0 Å². The van der Waals surface area contributed by atoms with E-state index in [4.69, 9.17) is 0 Å². The summed E-state index contributed by atoms with van der Waals surface area (Å²) in [7, 11) is 0. The predicted octanol–water partition coefficient (Wildman–Crippen LogP) is 13.1. The molecular formula is C34H70. The van der Waals surface area contributed by atoms with Crippen LogP contribution in [0.2, 0.25) is 0 Å². The molecule has 0 aromatic rings. The van der Waals surface area contributed by atoms with Gasteiger partial charge in [0.1, 0.15) is 0 Å². The number of hydrogen-bond donors (Lipinski definition) is 0. The van der Waals surface area contributed by atoms with Crippen molar-refractivity contribution in [1.82, 2.24) is 0 Å². The minimum Gasteiger partial charge on any atom is -0.0654 e. The summed E-state index contributed by atoms with van der Waals surface area (Å²) in [6, 6.07) is 0. The molecule has 206 valence electrons. The lowest BCUT2D eigenvalue weighted by Crippen LogP contribution is -2.08. The monoisotopic (exact) mass is 479 g/mol. The van der Waals surface area contributed by atoms with Gasteiger partial charge in [0.05, 0.1) is 0 Å². The highest BCUT2D eigenvalue weighted by Crippen LogP contribution is 2.24. The molecule has 0 fully saturated rings. The normalized spacial score (nSPS) is 13.6. The quantitative estimate of drug-likeness (QED) is 0.0980. The highest BCUT2D eigenvalue weighted by Gasteiger charge is 2.11. The molecule has 0 amide bonds. The van der Waals surface area contributed by atoms with Gasteiger partial charge in [0.25, 0.3) is 0 Å². The molecular weight excluding hydrogens is 408 g/mol. The van der Waals surface area contributed by atoms with E-state index in [9.17, 15) is 0 Å². The van der Waals surface area contributed by atoms with Crippen LogP contribution in [-0.4, -0.2) is 0 Å². The Balaban J connectivity index is 3.28. The minimum absolute atomic E-state index is 0.894. The summed E-state index contributed by atoms with van der Waals surface area (Å²) in [5.74, 6) is 2.76. The van der Waals surface area contributed by atoms with E-state index in [0.29, 0.717) is 0 Å². The molecule has 0 heteroatoms. The van der Waals surface area contributed by atoms with Crippen molar-refractivity contribution < 1.29 is 0 Å². The molecule has 0 aliphatic carbocycles. The van der Waals surface area contributed by atoms with Crippen LogP contribution >= 0.6 is 0 Å². The lowest BCUT2D eigenvalue weighted by Gasteiger charge is -2.19. The van der Waals surface area contributed by atoms with Gasteiger partial charge in [-0.1, -0.05) is 202 Å². The molecule has 0 nitrogen and oxygen atoms in total. The molecule has 0 aliphatic rings. The van der Waals surface area contributed by atoms with Gasteiger partial charge in [-0.15, -0.1) is 0 Å². The van der Waals surface area contributed by atoms with Gasteiger partial charge >= 0.3 is 0 Å². The summed E-state index contributed by atoms with van der Waals surface area (Å²) in [6.07, 6.45) is 38.2. The van der Waals surface area contributed by atoms with Crippen molar-refractivity contribution >= 4 is 0 Å². The second kappa shape index (κ2) is 27.6. The van der Waals surface area contributed by atoms with Crippen molar-refractivity contribution in [3.05, 3.63) is 0 Å². The van der Waals surface area contributed by atoms with Gasteiger partial charge in [-0.25, -0.2) is 0 Å². The van der Waals surface area contributed by atoms with Crippen LogP contribution in [0.5, 0.6) is 0 Å². The van der Waals surface area contributed by atoms with E-state index in [1.165, 1.54) is 167 Å². The van der Waals surface area contributed by atoms with Crippen molar-refractivity contribution in [2.75, 3.05) is 0 Å². The topological polar surface area (TPSA) is 0 Å². The third-order valence-electron chi connectivity index (χ3n) is 8.43. The molecule has 0 heterocycles. The van der Waals surface area contributed by atoms with Crippen LogP contribution in [0, 0.1) is 17.8 Å². The Morgan fingerprint density at radius 1 is 0.294 bits per heavy atom. The van der Waals surface area contributed by atoms with E-state index < -0.39 is 0 Å². The van der Waals surface area contributed by atoms with Crippen LogP contribution in [0.1, 0.15) is 202 Å². The van der Waals surface area contributed by atoms with Crippen LogP contribution in [0.15, 0.2) is 0 Å². The van der Waals surface area contributed by atoms with Gasteiger partial charge in [-0.2, -0.15) is 0 Å². The maximum atomic E-state index is 2.52. The maximum absolute atomic E-state index is 2.52. The zero-order valence-corrected chi connectivity index (χ0v) is 25.1. The van der Waals surface area contributed by atoms with Gasteiger partial charge in [0, 0.05) is 0 Å². The summed E-state index contributed by atoms with van der Waals surface area (Å²) in [4.78, 5) is 0. The molecule has 2 atom stereocenters. The van der Waals surface area contributed by atoms with Crippen molar-refractivity contribution in [3.8, 4) is 0 Å². The van der Waals surface area contributed by atoms with Crippen LogP contribution in [0.4, 0.5) is 0 Å². The molecule has 0 aromatic heterocycles. The molecule has 34 heavy (non-hydrogen) atoms. The summed E-state index contributed by atoms with van der Waals surface area (Å²) in [5, 5.41) is 0. The van der Waals surface area contributed by atoms with Gasteiger partial charge in [0.2, 0.25) is 0 Å². The van der Waals surface area contributed by atoms with E-state index in [-0.39, 0.29) is 0 Å². The fraction of sp³-hybridized carbons (Fsp3) is 1.00. The highest BCUT2D eigenvalue weighted by atomic mass is 14.2. The molecule has 0 aromatic carbocycles. The standard InChI is InChI=1S/C34H70/c1-6-7-8-9-10-11-14-18-21-24-27-30-33(4)34(5)31-28-25-22-19-16-13-12-15-17-20-23-26-29-32(2)3/h32-34H,6-31H2,1-5H3. The second-order valence-corrected chi connectivity index (χ2v) is 12.5. The smallest absolute Gasteiger partial charge is 0.0417 e. The summed E-state index contributed by atoms with van der Waals surface area (Å²) in [5.41, 5.74) is 0. The number of hydrogen-bond acceptors (Lipinski definition) is 0. The lowest BCUT2D eigenvalue weighted by molar-refractivity contribution is 0.322. The van der Waals surface area contributed by atoms with E-state index in [2.05, 4.69) is 34.6 Å². The summed E-state index contributed by atoms with van der Waals surface area (Å²) in [6.45, 7) is 12.0. The fourth-order valence-electron chi connectivity index (χ4n) is 5.49. The molecule has 0 bridgehead atoms. The predicted molar refractivity (Wildman–Crippen MR) is 159 cm³/mol. The highest BCUT2D eigenvalue weighted by molar-refractivity contribution is 4.63. The first-order chi connectivity index (χ1) is 16.6. The fourth-order valence-corrected chi connectivity index (χ4v) is 5.49. The molecule has 0 spiro atoms. The van der Waals surface area contributed by atoms with Crippen molar-refractivity contribution in [2.45, 2.75) is 202 Å². The largest absolute Gasteiger partial charge is 0.0654 e. The zero-order chi connectivity index (χ0) is 25.1. The van der Waals surface area contributed by atoms with Crippen LogP contribution < -0.4 is 0 Å². The van der Waals surface area contributed by atoms with Crippen LogP contribution in [-0.2, 0) is 0 Å². The van der Waals surface area contributed by atoms with Crippen molar-refractivity contribution in [1.29, 1.82) is 0 Å². The van der Waals surface area contributed by atoms with E-state index >= 15 is 0 Å². The molecule has 0 rings (SSSR count). The Hall–Kier alpha value is 0. The molecule has 0 aliphatic heterocycles. The van der Waals surface area contributed by atoms with Crippen LogP contribution in [0.25, 0.3) is 0 Å². The van der Waals surface area contributed by atoms with Gasteiger partial charge in [-0.05, 0) is 17.8 Å². The van der Waals surface area contributed by atoms with Gasteiger partial charge < -0.3 is 0 Å². The Labute approximate surface area is 219 Å². The first kappa shape index (κ1) is 34.0. The lowest BCUT2D eigenvalue weighted by atomic mass is 9.86. The Kier molecular flexibility index (Phi) is 27.6. The first-order valence-electron chi connectivity index (χ1n) is 16.6. The van der Waals surface area contributed by atoms with E-state index in [1.54, 1.807) is 0 Å². The Morgan fingerprint density at radius 2 is 0.529 bits per heavy atom. The van der Waals surface area contributed by atoms with Gasteiger partial charge in [-0.3, -0.25) is 0 Å². The third kappa shape index (κ3) is 26.6. The molecule has 0 N–H and O–H groups in total. The zero-order valence-electron chi connectivity index (χ0n) is 25.1. The molecule has 0 saturated heterocycles. The maximum Gasteiger partial charge on any atom is -0.0417 e. The van der Waals surface area contributed by atoms with E-state index in [1.807, 2.05) is 0 Å². The summed E-state index contributed by atoms with van der Waals surface area (Å²) < 4.78 is 0. The van der Waals surface area contributed by atoms with Crippen molar-refractivity contribution in [2.24, 2.45) is 17.8 Å². The number of unbranched alkanes of at least 4 members (excludes halogenated alkanes) is 21. The SMILES string of the molecule is CCCCCCCCCCCCCC(C)C(C)CCCCCCCCCCCCCCC(C)C. The number of rotatable bonds is 28. The van der Waals surface area contributed by atoms with E-state index in [0.717, 1.165) is 17.8 Å².